The Bertz CT molecular complexity index is 1340. The van der Waals surface area contributed by atoms with Gasteiger partial charge in [-0.3, -0.25) is 19.0 Å². The lowest BCUT2D eigenvalue weighted by Crippen LogP contribution is -2.26. The molecule has 4 aromatic rings. The molecule has 7 heteroatoms. The lowest BCUT2D eigenvalue weighted by Gasteiger charge is -2.18. The first-order chi connectivity index (χ1) is 14.7. The average Bonchev–Trinajstić information content (AvgIpc) is 3.13. The zero-order valence-corrected chi connectivity index (χ0v) is 17.5. The van der Waals surface area contributed by atoms with Gasteiger partial charge in [-0.1, -0.05) is 57.2 Å². The Kier molecular flexibility index (Phi) is 5.19. The minimum Gasteiger partial charge on any atom is -0.456 e. The topological polar surface area (TPSA) is 91.4 Å². The highest BCUT2D eigenvalue weighted by molar-refractivity contribution is 6.01. The Hall–Kier alpha value is -3.74. The number of ketones is 1. The standard InChI is InChI=1S/C24H22N2O5/c1-24(2,3)16-10-8-15(9-11-16)18(27)13-30-20(28)12-26-14-25-21-17-6-4-5-7-19(17)31-22(21)23(26)29/h4-11,14H,12-13H2,1-3H3. The second-order valence-corrected chi connectivity index (χ2v) is 8.36. The van der Waals surface area contributed by atoms with E-state index in [0.717, 1.165) is 15.5 Å². The van der Waals surface area contributed by atoms with Crippen LogP contribution in [0.25, 0.3) is 22.1 Å². The maximum atomic E-state index is 12.7. The van der Waals surface area contributed by atoms with Crippen LogP contribution in [0.15, 0.2) is 64.1 Å². The minimum absolute atomic E-state index is 0.0176. The maximum absolute atomic E-state index is 12.7. The summed E-state index contributed by atoms with van der Waals surface area (Å²) < 4.78 is 11.8. The summed E-state index contributed by atoms with van der Waals surface area (Å²) in [5.41, 5.74) is 2.13. The van der Waals surface area contributed by atoms with Crippen molar-refractivity contribution in [3.63, 3.8) is 0 Å². The average molecular weight is 418 g/mol. The lowest BCUT2D eigenvalue weighted by atomic mass is 9.86. The van der Waals surface area contributed by atoms with E-state index in [1.165, 1.54) is 6.33 Å². The molecule has 31 heavy (non-hydrogen) atoms. The first kappa shape index (κ1) is 20.5. The van der Waals surface area contributed by atoms with E-state index in [9.17, 15) is 14.4 Å². The van der Waals surface area contributed by atoms with Crippen molar-refractivity contribution in [2.45, 2.75) is 32.7 Å². The fraction of sp³-hybridized carbons (Fsp3) is 0.250. The molecule has 0 amide bonds. The predicted octanol–water partition coefficient (Wildman–Crippen LogP) is 3.87. The fourth-order valence-electron chi connectivity index (χ4n) is 3.30. The van der Waals surface area contributed by atoms with Crippen LogP contribution in [0.4, 0.5) is 0 Å². The van der Waals surface area contributed by atoms with Crippen molar-refractivity contribution in [3.8, 4) is 0 Å². The highest BCUT2D eigenvalue weighted by Gasteiger charge is 2.17. The monoisotopic (exact) mass is 418 g/mol. The molecule has 0 saturated carbocycles. The molecule has 0 saturated heterocycles. The van der Waals surface area contributed by atoms with Gasteiger partial charge in [-0.25, -0.2) is 4.98 Å². The van der Waals surface area contributed by atoms with Crippen molar-refractivity contribution in [2.24, 2.45) is 0 Å². The number of carbonyl (C=O) groups excluding carboxylic acids is 2. The molecule has 2 aromatic carbocycles. The first-order valence-electron chi connectivity index (χ1n) is 9.90. The molecule has 0 spiro atoms. The Morgan fingerprint density at radius 2 is 1.77 bits per heavy atom. The van der Waals surface area contributed by atoms with Gasteiger partial charge < -0.3 is 9.15 Å². The number of benzene rings is 2. The Labute approximate surface area is 178 Å². The largest absolute Gasteiger partial charge is 0.456 e. The number of esters is 1. The third-order valence-corrected chi connectivity index (χ3v) is 5.09. The van der Waals surface area contributed by atoms with Crippen LogP contribution in [0.1, 0.15) is 36.7 Å². The van der Waals surface area contributed by atoms with Crippen LogP contribution < -0.4 is 5.56 Å². The Morgan fingerprint density at radius 1 is 1.06 bits per heavy atom. The van der Waals surface area contributed by atoms with E-state index < -0.39 is 18.1 Å². The van der Waals surface area contributed by atoms with Crippen LogP contribution in [0.2, 0.25) is 0 Å². The molecule has 0 bridgehead atoms. The molecule has 4 rings (SSSR count). The number of aromatic nitrogens is 2. The minimum atomic E-state index is -0.709. The van der Waals surface area contributed by atoms with Gasteiger partial charge in [-0.05, 0) is 23.1 Å². The number of rotatable bonds is 5. The zero-order chi connectivity index (χ0) is 22.2. The molecule has 0 N–H and O–H groups in total. The van der Waals surface area contributed by atoms with E-state index in [-0.39, 0.29) is 23.3 Å². The molecule has 158 valence electrons. The Morgan fingerprint density at radius 3 is 2.48 bits per heavy atom. The SMILES string of the molecule is CC(C)(C)c1ccc(C(=O)COC(=O)Cn2cnc3c(oc4ccccc43)c2=O)cc1. The molecule has 0 unspecified atom stereocenters. The molecular formula is C24H22N2O5. The van der Waals surface area contributed by atoms with Gasteiger partial charge >= 0.3 is 5.97 Å². The number of ether oxygens (including phenoxy) is 1. The van der Waals surface area contributed by atoms with Crippen molar-refractivity contribution < 1.29 is 18.7 Å². The van der Waals surface area contributed by atoms with Crippen LogP contribution in [0, 0.1) is 0 Å². The van der Waals surface area contributed by atoms with Crippen molar-refractivity contribution >= 4 is 33.8 Å². The Balaban J connectivity index is 1.43. The molecule has 7 nitrogen and oxygen atoms in total. The molecule has 2 aromatic heterocycles. The van der Waals surface area contributed by atoms with Crippen LogP contribution in [0.5, 0.6) is 0 Å². The number of Topliss-reactive ketones (excluding diaryl/α,β-unsaturated/α-hetero) is 1. The number of nitrogens with zero attached hydrogens (tertiary/aromatic N) is 2. The van der Waals surface area contributed by atoms with Crippen LogP contribution in [0.3, 0.4) is 0 Å². The van der Waals surface area contributed by atoms with E-state index in [0.29, 0.717) is 16.7 Å². The number of fused-ring (bicyclic) bond motifs is 3. The zero-order valence-electron chi connectivity index (χ0n) is 17.5. The summed E-state index contributed by atoms with van der Waals surface area (Å²) in [6.07, 6.45) is 1.28. The highest BCUT2D eigenvalue weighted by atomic mass is 16.5. The van der Waals surface area contributed by atoms with Gasteiger partial charge in [0.25, 0.3) is 5.56 Å². The van der Waals surface area contributed by atoms with Crippen LogP contribution in [-0.4, -0.2) is 27.9 Å². The summed E-state index contributed by atoms with van der Waals surface area (Å²) in [6, 6.07) is 14.4. The summed E-state index contributed by atoms with van der Waals surface area (Å²) in [4.78, 5) is 41.4. The number of hydrogen-bond donors (Lipinski definition) is 0. The van der Waals surface area contributed by atoms with E-state index in [1.807, 2.05) is 24.3 Å². The van der Waals surface area contributed by atoms with E-state index in [4.69, 9.17) is 9.15 Å². The number of para-hydroxylation sites is 1. The van der Waals surface area contributed by atoms with E-state index in [2.05, 4.69) is 25.8 Å². The normalized spacial score (nSPS) is 11.7. The first-order valence-corrected chi connectivity index (χ1v) is 9.90. The van der Waals surface area contributed by atoms with Gasteiger partial charge in [-0.15, -0.1) is 0 Å². The molecule has 0 aliphatic heterocycles. The molecule has 2 heterocycles. The molecule has 0 atom stereocenters. The summed E-state index contributed by atoms with van der Waals surface area (Å²) in [6.45, 7) is 5.50. The third kappa shape index (κ3) is 4.12. The summed E-state index contributed by atoms with van der Waals surface area (Å²) >= 11 is 0. The summed E-state index contributed by atoms with van der Waals surface area (Å²) in [7, 11) is 0. The number of furan rings is 1. The third-order valence-electron chi connectivity index (χ3n) is 5.09. The fourth-order valence-corrected chi connectivity index (χ4v) is 3.30. The molecule has 0 radical (unpaired) electrons. The van der Waals surface area contributed by atoms with Crippen molar-refractivity contribution in [1.82, 2.24) is 9.55 Å². The van der Waals surface area contributed by atoms with E-state index >= 15 is 0 Å². The number of carbonyl (C=O) groups is 2. The molecule has 0 fully saturated rings. The van der Waals surface area contributed by atoms with Gasteiger partial charge in [0.05, 0.1) is 6.33 Å². The number of hydrogen-bond acceptors (Lipinski definition) is 6. The van der Waals surface area contributed by atoms with Gasteiger partial charge in [0.1, 0.15) is 17.6 Å². The molecule has 0 aliphatic rings. The van der Waals surface area contributed by atoms with Crippen LogP contribution >= 0.6 is 0 Å². The second kappa shape index (κ2) is 7.83. The van der Waals surface area contributed by atoms with Gasteiger partial charge in [-0.2, -0.15) is 0 Å². The summed E-state index contributed by atoms with van der Waals surface area (Å²) in [5.74, 6) is -1.02. The highest BCUT2D eigenvalue weighted by Crippen LogP contribution is 2.24. The second-order valence-electron chi connectivity index (χ2n) is 8.36. The summed E-state index contributed by atoms with van der Waals surface area (Å²) in [5, 5.41) is 0.729. The van der Waals surface area contributed by atoms with E-state index in [1.54, 1.807) is 24.3 Å². The van der Waals surface area contributed by atoms with Gasteiger partial charge in [0.2, 0.25) is 5.58 Å². The molecular weight excluding hydrogens is 396 g/mol. The van der Waals surface area contributed by atoms with Crippen molar-refractivity contribution in [3.05, 3.63) is 76.3 Å². The molecule has 0 aliphatic carbocycles. The lowest BCUT2D eigenvalue weighted by molar-refractivity contribution is -0.143. The predicted molar refractivity (Wildman–Crippen MR) is 116 cm³/mol. The van der Waals surface area contributed by atoms with Gasteiger partial charge in [0, 0.05) is 10.9 Å². The van der Waals surface area contributed by atoms with Crippen molar-refractivity contribution in [2.75, 3.05) is 6.61 Å². The smallest absolute Gasteiger partial charge is 0.326 e. The van der Waals surface area contributed by atoms with Gasteiger partial charge in [0.15, 0.2) is 12.4 Å². The maximum Gasteiger partial charge on any atom is 0.326 e. The quantitative estimate of drug-likeness (QED) is 0.361. The van der Waals surface area contributed by atoms with Crippen LogP contribution in [-0.2, 0) is 21.5 Å². The van der Waals surface area contributed by atoms with Crippen molar-refractivity contribution in [1.29, 1.82) is 0 Å².